The van der Waals surface area contributed by atoms with Crippen LogP contribution in [0.4, 0.5) is 0 Å². The van der Waals surface area contributed by atoms with E-state index < -0.39 is 8.07 Å². The molecule has 7 aromatic carbocycles. The molecule has 0 unspecified atom stereocenters. The van der Waals surface area contributed by atoms with Crippen molar-refractivity contribution in [1.82, 2.24) is 4.57 Å². The molecular formula is C42H29NOSi. The molecule has 3 heteroatoms. The van der Waals surface area contributed by atoms with E-state index in [0.29, 0.717) is 0 Å². The molecule has 0 bridgehead atoms. The zero-order chi connectivity index (χ0) is 29.8. The summed E-state index contributed by atoms with van der Waals surface area (Å²) in [6.45, 7) is 0. The molecule has 0 fully saturated rings. The first-order chi connectivity index (χ1) is 22.3. The van der Waals surface area contributed by atoms with Gasteiger partial charge < -0.3 is 8.98 Å². The normalized spacial score (nSPS) is 12.0. The van der Waals surface area contributed by atoms with Crippen molar-refractivity contribution in [3.63, 3.8) is 0 Å². The Morgan fingerprint density at radius 3 is 1.38 bits per heavy atom. The highest BCUT2D eigenvalue weighted by Crippen LogP contribution is 2.35. The number of hydrogen-bond donors (Lipinski definition) is 0. The van der Waals surface area contributed by atoms with Gasteiger partial charge >= 0.3 is 0 Å². The molecule has 0 amide bonds. The van der Waals surface area contributed by atoms with E-state index in [1.807, 2.05) is 0 Å². The van der Waals surface area contributed by atoms with Crippen LogP contribution in [0.3, 0.4) is 0 Å². The van der Waals surface area contributed by atoms with Crippen molar-refractivity contribution in [2.45, 2.75) is 0 Å². The van der Waals surface area contributed by atoms with Gasteiger partial charge in [0, 0.05) is 27.2 Å². The van der Waals surface area contributed by atoms with Crippen LogP contribution in [0.2, 0.25) is 0 Å². The van der Waals surface area contributed by atoms with Gasteiger partial charge in [-0.05, 0) is 51.1 Å². The van der Waals surface area contributed by atoms with Crippen LogP contribution in [0.5, 0.6) is 0 Å². The third-order valence-corrected chi connectivity index (χ3v) is 14.1. The molecule has 0 saturated heterocycles. The molecular weight excluding hydrogens is 563 g/mol. The molecule has 9 aromatic rings. The number of rotatable bonds is 5. The molecule has 0 radical (unpaired) electrons. The van der Waals surface area contributed by atoms with Crippen LogP contribution in [0, 0.1) is 0 Å². The van der Waals surface area contributed by atoms with E-state index in [1.165, 1.54) is 42.6 Å². The summed E-state index contributed by atoms with van der Waals surface area (Å²) < 4.78 is 9.37. The molecule has 2 nitrogen and oxygen atoms in total. The summed E-state index contributed by atoms with van der Waals surface area (Å²) in [4.78, 5) is 0. The maximum atomic E-state index is 6.93. The van der Waals surface area contributed by atoms with Crippen molar-refractivity contribution in [2.24, 2.45) is 0 Å². The Hall–Kier alpha value is -5.64. The Morgan fingerprint density at radius 2 is 0.844 bits per heavy atom. The minimum Gasteiger partial charge on any atom is -0.456 e. The van der Waals surface area contributed by atoms with Gasteiger partial charge in [-0.15, -0.1) is 0 Å². The second-order valence-corrected chi connectivity index (χ2v) is 15.5. The van der Waals surface area contributed by atoms with Crippen LogP contribution in [-0.2, 0) is 0 Å². The lowest BCUT2D eigenvalue weighted by molar-refractivity contribution is 0.671. The zero-order valence-electron chi connectivity index (χ0n) is 24.6. The Bertz CT molecular complexity index is 2330. The average Bonchev–Trinajstić information content (AvgIpc) is 3.66. The van der Waals surface area contributed by atoms with Gasteiger partial charge in [0.1, 0.15) is 11.2 Å². The number of para-hydroxylation sites is 3. The maximum absolute atomic E-state index is 6.93. The molecule has 0 aliphatic heterocycles. The van der Waals surface area contributed by atoms with Crippen molar-refractivity contribution >= 4 is 72.6 Å². The summed E-state index contributed by atoms with van der Waals surface area (Å²) in [5, 5.41) is 9.99. The Kier molecular flexibility index (Phi) is 5.87. The zero-order valence-corrected chi connectivity index (χ0v) is 25.6. The lowest BCUT2D eigenvalue weighted by atomic mass is 10.1. The molecule has 0 aliphatic rings. The molecule has 212 valence electrons. The first kappa shape index (κ1) is 25.8. The minimum absolute atomic E-state index is 0.908. The van der Waals surface area contributed by atoms with Gasteiger partial charge in [-0.2, -0.15) is 0 Å². The van der Waals surface area contributed by atoms with Crippen molar-refractivity contribution < 1.29 is 4.42 Å². The second kappa shape index (κ2) is 10.2. The van der Waals surface area contributed by atoms with Crippen molar-refractivity contribution in [3.8, 4) is 5.69 Å². The SMILES string of the molecule is c1ccc([Si](c2ccccc2)(c2ccccc2)c2cc(-n3c4ccccc4c4ccccc43)cc3c2oc2ccccc23)cc1. The molecule has 2 aromatic heterocycles. The molecule has 0 saturated carbocycles. The van der Waals surface area contributed by atoms with Crippen LogP contribution in [0.15, 0.2) is 180 Å². The molecule has 45 heavy (non-hydrogen) atoms. The summed E-state index contributed by atoms with van der Waals surface area (Å²) >= 11 is 0. The minimum atomic E-state index is -2.91. The van der Waals surface area contributed by atoms with Gasteiger partial charge in [0.25, 0.3) is 0 Å². The monoisotopic (exact) mass is 591 g/mol. The smallest absolute Gasteiger partial charge is 0.184 e. The predicted molar refractivity (Wildman–Crippen MR) is 192 cm³/mol. The number of nitrogens with zero attached hydrogens (tertiary/aromatic N) is 1. The maximum Gasteiger partial charge on any atom is 0.184 e. The van der Waals surface area contributed by atoms with Gasteiger partial charge in [-0.1, -0.05) is 146 Å². The van der Waals surface area contributed by atoms with Gasteiger partial charge in [-0.25, -0.2) is 0 Å². The van der Waals surface area contributed by atoms with E-state index in [9.17, 15) is 0 Å². The van der Waals surface area contributed by atoms with Crippen LogP contribution in [0.1, 0.15) is 0 Å². The summed E-state index contributed by atoms with van der Waals surface area (Å²) in [5.41, 5.74) is 5.40. The Balaban J connectivity index is 1.52. The van der Waals surface area contributed by atoms with Gasteiger partial charge in [0.15, 0.2) is 8.07 Å². The molecule has 0 spiro atoms. The third kappa shape index (κ3) is 3.81. The van der Waals surface area contributed by atoms with Crippen LogP contribution < -0.4 is 20.7 Å². The van der Waals surface area contributed by atoms with E-state index in [1.54, 1.807) is 0 Å². The number of fused-ring (bicyclic) bond motifs is 6. The lowest BCUT2D eigenvalue weighted by Crippen LogP contribution is -2.74. The van der Waals surface area contributed by atoms with Gasteiger partial charge in [-0.3, -0.25) is 0 Å². The summed E-state index contributed by atoms with van der Waals surface area (Å²) in [5.74, 6) is 0. The van der Waals surface area contributed by atoms with Gasteiger partial charge in [0.05, 0.1) is 11.0 Å². The Labute approximate surface area is 262 Å². The number of benzene rings is 7. The first-order valence-corrected chi connectivity index (χ1v) is 17.4. The van der Waals surface area contributed by atoms with E-state index in [2.05, 4.69) is 180 Å². The summed E-state index contributed by atoms with van der Waals surface area (Å²) in [6, 6.07) is 64.0. The van der Waals surface area contributed by atoms with Crippen LogP contribution in [-0.4, -0.2) is 12.6 Å². The number of aromatic nitrogens is 1. The highest BCUT2D eigenvalue weighted by Gasteiger charge is 2.44. The molecule has 9 rings (SSSR count). The average molecular weight is 592 g/mol. The van der Waals surface area contributed by atoms with E-state index in [-0.39, 0.29) is 0 Å². The second-order valence-electron chi connectivity index (χ2n) is 11.7. The summed E-state index contributed by atoms with van der Waals surface area (Å²) in [6.07, 6.45) is 0. The largest absolute Gasteiger partial charge is 0.456 e. The highest BCUT2D eigenvalue weighted by molar-refractivity contribution is 7.20. The first-order valence-electron chi connectivity index (χ1n) is 15.4. The topological polar surface area (TPSA) is 18.1 Å². The fourth-order valence-electron chi connectivity index (χ4n) is 7.45. The fraction of sp³-hybridized carbons (Fsp3) is 0. The lowest BCUT2D eigenvalue weighted by Gasteiger charge is -2.34. The fourth-order valence-corrected chi connectivity index (χ4v) is 12.4. The van der Waals surface area contributed by atoms with Crippen LogP contribution in [0.25, 0.3) is 49.4 Å². The molecule has 2 heterocycles. The molecule has 0 aliphatic carbocycles. The highest BCUT2D eigenvalue weighted by atomic mass is 28.3. The van der Waals surface area contributed by atoms with Crippen molar-refractivity contribution in [2.75, 3.05) is 0 Å². The molecule has 0 N–H and O–H groups in total. The Morgan fingerprint density at radius 1 is 0.400 bits per heavy atom. The quantitative estimate of drug-likeness (QED) is 0.146. The summed E-state index contributed by atoms with van der Waals surface area (Å²) in [7, 11) is -2.91. The van der Waals surface area contributed by atoms with E-state index in [4.69, 9.17) is 4.42 Å². The van der Waals surface area contributed by atoms with Crippen LogP contribution >= 0.6 is 0 Å². The van der Waals surface area contributed by atoms with E-state index >= 15 is 0 Å². The van der Waals surface area contributed by atoms with Crippen molar-refractivity contribution in [3.05, 3.63) is 176 Å². The van der Waals surface area contributed by atoms with E-state index in [0.717, 1.165) is 27.6 Å². The molecule has 0 atom stereocenters. The third-order valence-electron chi connectivity index (χ3n) is 9.33. The van der Waals surface area contributed by atoms with Gasteiger partial charge in [0.2, 0.25) is 0 Å². The number of hydrogen-bond acceptors (Lipinski definition) is 1. The number of furan rings is 1. The standard InChI is InChI=1S/C42H29NOSi/c1-4-16-31(17-5-1)45(32-18-6-2-7-19-32,33-20-8-3-9-21-33)41-29-30(28-37-36-24-12-15-27-40(36)44-42(37)41)43-38-25-13-10-22-34(38)35-23-11-14-26-39(35)43/h1-29H. The predicted octanol–water partition coefficient (Wildman–Crippen LogP) is 8.06. The van der Waals surface area contributed by atoms with Crippen molar-refractivity contribution in [1.29, 1.82) is 0 Å².